The number of phenols is 1. The minimum Gasteiger partial charge on any atom is -0.508 e. The third-order valence-electron chi connectivity index (χ3n) is 5.93. The number of fused-ring (bicyclic) bond motifs is 3. The molecular weight excluding hydrogens is 380 g/mol. The van der Waals surface area contributed by atoms with E-state index in [0.717, 1.165) is 22.9 Å². The van der Waals surface area contributed by atoms with Crippen LogP contribution >= 0.6 is 0 Å². The van der Waals surface area contributed by atoms with Crippen molar-refractivity contribution < 1.29 is 5.11 Å². The normalized spacial score (nSPS) is 19.3. The summed E-state index contributed by atoms with van der Waals surface area (Å²) in [4.78, 5) is 7.40. The molecule has 31 heavy (non-hydrogen) atoms. The van der Waals surface area contributed by atoms with Crippen LogP contribution in [0.1, 0.15) is 50.9 Å². The van der Waals surface area contributed by atoms with Crippen LogP contribution in [0.4, 0.5) is 0 Å². The van der Waals surface area contributed by atoms with E-state index in [2.05, 4.69) is 42.3 Å². The summed E-state index contributed by atoms with van der Waals surface area (Å²) in [7, 11) is 2.25. The number of benzene rings is 2. The summed E-state index contributed by atoms with van der Waals surface area (Å²) in [6.07, 6.45) is 3.76. The van der Waals surface area contributed by atoms with Crippen molar-refractivity contribution in [1.29, 1.82) is 0 Å². The molecule has 2 aromatic carbocycles. The summed E-state index contributed by atoms with van der Waals surface area (Å²) in [5, 5.41) is 10.1. The lowest BCUT2D eigenvalue weighted by molar-refractivity contribution is 0.133. The van der Waals surface area contributed by atoms with Crippen molar-refractivity contribution in [2.75, 3.05) is 20.1 Å². The molecule has 1 aliphatic heterocycles. The smallest absolute Gasteiger partial charge is 0.115 e. The topological polar surface area (TPSA) is 36.4 Å². The Bertz CT molecular complexity index is 920. The first-order valence-corrected chi connectivity index (χ1v) is 11.9. The van der Waals surface area contributed by atoms with E-state index >= 15 is 0 Å². The number of phenolic OH excluding ortho intramolecular Hbond substituents is 1. The van der Waals surface area contributed by atoms with Crippen LogP contribution < -0.4 is 0 Å². The van der Waals surface area contributed by atoms with Gasteiger partial charge >= 0.3 is 0 Å². The van der Waals surface area contributed by atoms with Gasteiger partial charge in [-0.05, 0) is 87.0 Å². The summed E-state index contributed by atoms with van der Waals surface area (Å²) in [6, 6.07) is 18.0. The number of aromatic hydroxyl groups is 1. The highest BCUT2D eigenvalue weighted by atomic mass is 16.3. The van der Waals surface area contributed by atoms with E-state index in [4.69, 9.17) is 10.1 Å². The Balaban J connectivity index is 0.000000240. The number of para-hydroxylation sites is 1. The lowest BCUT2D eigenvalue weighted by Crippen LogP contribution is -2.42. The molecule has 2 atom stereocenters. The zero-order valence-electron chi connectivity index (χ0n) is 20.2. The molecule has 1 N–H and O–H groups in total. The van der Waals surface area contributed by atoms with E-state index in [1.807, 2.05) is 46.8 Å². The number of likely N-dealkylation sites (tertiary alicyclic amines) is 1. The molecule has 2 aliphatic rings. The fraction of sp³-hybridized carbons (Fsp3) is 0.464. The van der Waals surface area contributed by atoms with Gasteiger partial charge in [0.15, 0.2) is 0 Å². The highest BCUT2D eigenvalue weighted by Crippen LogP contribution is 2.35. The van der Waals surface area contributed by atoms with Crippen LogP contribution in [0.2, 0.25) is 0 Å². The molecule has 1 saturated heterocycles. The highest BCUT2D eigenvalue weighted by Gasteiger charge is 2.33. The van der Waals surface area contributed by atoms with Gasteiger partial charge < -0.3 is 10.0 Å². The Morgan fingerprint density at radius 1 is 0.903 bits per heavy atom. The number of rotatable bonds is 0. The van der Waals surface area contributed by atoms with Crippen molar-refractivity contribution in [3.63, 3.8) is 0 Å². The van der Waals surface area contributed by atoms with Gasteiger partial charge in [0, 0.05) is 17.6 Å². The number of piperidine rings is 1. The SMILES string of the molecule is CC.CC.CN1CCC2Cc3nc4ccccc4cc3CC2C1.Cc1cccc(O)c1. The molecular formula is C28H40N2O. The molecule has 3 nitrogen and oxygen atoms in total. The average Bonchev–Trinajstić information content (AvgIpc) is 2.79. The van der Waals surface area contributed by atoms with E-state index in [1.54, 1.807) is 12.1 Å². The molecule has 0 radical (unpaired) electrons. The molecule has 168 valence electrons. The summed E-state index contributed by atoms with van der Waals surface area (Å²) in [5.41, 5.74) is 5.11. The molecule has 0 saturated carbocycles. The summed E-state index contributed by atoms with van der Waals surface area (Å²) in [6.45, 7) is 12.5. The molecule has 0 spiro atoms. The van der Waals surface area contributed by atoms with Crippen molar-refractivity contribution in [2.24, 2.45) is 11.8 Å². The highest BCUT2D eigenvalue weighted by molar-refractivity contribution is 5.79. The fourth-order valence-corrected chi connectivity index (χ4v) is 4.47. The number of pyridine rings is 1. The molecule has 1 aliphatic carbocycles. The Morgan fingerprint density at radius 3 is 2.32 bits per heavy atom. The zero-order valence-corrected chi connectivity index (χ0v) is 20.2. The van der Waals surface area contributed by atoms with Gasteiger partial charge in [0.25, 0.3) is 0 Å². The van der Waals surface area contributed by atoms with Crippen molar-refractivity contribution in [2.45, 2.75) is 53.9 Å². The molecule has 1 fully saturated rings. The molecule has 2 unspecified atom stereocenters. The largest absolute Gasteiger partial charge is 0.508 e. The first-order chi connectivity index (χ1) is 15.1. The number of aryl methyl sites for hydroxylation is 1. The van der Waals surface area contributed by atoms with E-state index in [0.29, 0.717) is 5.75 Å². The minimum absolute atomic E-state index is 0.338. The minimum atomic E-state index is 0.338. The van der Waals surface area contributed by atoms with Gasteiger partial charge in [-0.2, -0.15) is 0 Å². The number of aromatic nitrogens is 1. The van der Waals surface area contributed by atoms with Gasteiger partial charge in [-0.1, -0.05) is 58.0 Å². The zero-order chi connectivity index (χ0) is 22.8. The van der Waals surface area contributed by atoms with Crippen LogP contribution in [0.3, 0.4) is 0 Å². The van der Waals surface area contributed by atoms with E-state index in [-0.39, 0.29) is 0 Å². The van der Waals surface area contributed by atoms with Gasteiger partial charge in [0.2, 0.25) is 0 Å². The second-order valence-corrected chi connectivity index (χ2v) is 8.11. The second kappa shape index (κ2) is 12.5. The Kier molecular flexibility index (Phi) is 10.00. The molecule has 3 heteroatoms. The Morgan fingerprint density at radius 2 is 1.65 bits per heavy atom. The number of hydrogen-bond acceptors (Lipinski definition) is 3. The average molecular weight is 421 g/mol. The third-order valence-corrected chi connectivity index (χ3v) is 5.93. The van der Waals surface area contributed by atoms with Crippen molar-refractivity contribution >= 4 is 10.9 Å². The predicted octanol–water partition coefficient (Wildman–Crippen LogP) is 6.65. The first-order valence-electron chi connectivity index (χ1n) is 11.9. The van der Waals surface area contributed by atoms with Gasteiger partial charge in [-0.15, -0.1) is 0 Å². The molecule has 2 heterocycles. The van der Waals surface area contributed by atoms with Gasteiger partial charge in [-0.3, -0.25) is 4.98 Å². The summed E-state index contributed by atoms with van der Waals surface area (Å²) < 4.78 is 0. The lowest BCUT2D eigenvalue weighted by Gasteiger charge is -2.40. The Labute approximate surface area is 189 Å². The van der Waals surface area contributed by atoms with Crippen LogP contribution in [-0.2, 0) is 12.8 Å². The first kappa shape index (κ1) is 24.9. The standard InChI is InChI=1S/C17H20N2.C7H8O.2C2H6/c1-19-7-6-12-10-17-14(9-15(12)11-19)8-13-4-2-3-5-16(13)18-17;1-6-3-2-4-7(8)5-6;2*1-2/h2-5,8,12,15H,6-7,9-11H2,1H3;2-5,8H,1H3;2*1-2H3. The maximum atomic E-state index is 8.81. The lowest BCUT2D eigenvalue weighted by atomic mass is 9.74. The maximum absolute atomic E-state index is 8.81. The number of hydrogen-bond donors (Lipinski definition) is 1. The van der Waals surface area contributed by atoms with Crippen molar-refractivity contribution in [3.8, 4) is 5.75 Å². The fourth-order valence-electron chi connectivity index (χ4n) is 4.47. The monoisotopic (exact) mass is 420 g/mol. The predicted molar refractivity (Wildman–Crippen MR) is 134 cm³/mol. The summed E-state index contributed by atoms with van der Waals surface area (Å²) >= 11 is 0. The number of nitrogens with zero attached hydrogens (tertiary/aromatic N) is 2. The van der Waals surface area contributed by atoms with E-state index in [9.17, 15) is 0 Å². The molecule has 0 bridgehead atoms. The molecule has 0 amide bonds. The molecule has 3 aromatic rings. The molecule has 1 aromatic heterocycles. The van der Waals surface area contributed by atoms with Crippen LogP contribution in [0.25, 0.3) is 10.9 Å². The van der Waals surface area contributed by atoms with Crippen LogP contribution in [0.5, 0.6) is 5.75 Å². The van der Waals surface area contributed by atoms with Gasteiger partial charge in [0.05, 0.1) is 5.52 Å². The van der Waals surface area contributed by atoms with Crippen LogP contribution in [0.15, 0.2) is 54.6 Å². The van der Waals surface area contributed by atoms with Crippen molar-refractivity contribution in [3.05, 3.63) is 71.4 Å². The summed E-state index contributed by atoms with van der Waals surface area (Å²) in [5.74, 6) is 2.04. The second-order valence-electron chi connectivity index (χ2n) is 8.11. The van der Waals surface area contributed by atoms with Crippen LogP contribution in [0, 0.1) is 18.8 Å². The van der Waals surface area contributed by atoms with Gasteiger partial charge in [-0.25, -0.2) is 0 Å². The van der Waals surface area contributed by atoms with Crippen LogP contribution in [-0.4, -0.2) is 35.1 Å². The Hall–Kier alpha value is -2.39. The third kappa shape index (κ3) is 6.80. The van der Waals surface area contributed by atoms with E-state index in [1.165, 1.54) is 49.0 Å². The maximum Gasteiger partial charge on any atom is 0.115 e. The quantitative estimate of drug-likeness (QED) is 0.442. The van der Waals surface area contributed by atoms with Gasteiger partial charge in [0.1, 0.15) is 5.75 Å². The van der Waals surface area contributed by atoms with Crippen molar-refractivity contribution in [1.82, 2.24) is 9.88 Å². The molecule has 5 rings (SSSR count). The van der Waals surface area contributed by atoms with E-state index < -0.39 is 0 Å².